The minimum Gasteiger partial charge on any atom is -0.491 e. The molecule has 0 heterocycles. The predicted molar refractivity (Wildman–Crippen MR) is 81.5 cm³/mol. The number of nitrogens with one attached hydrogen (secondary N) is 1. The largest absolute Gasteiger partial charge is 0.491 e. The van der Waals surface area contributed by atoms with E-state index in [1.807, 2.05) is 19.9 Å². The van der Waals surface area contributed by atoms with E-state index in [-0.39, 0.29) is 16.7 Å². The Bertz CT molecular complexity index is 447. The van der Waals surface area contributed by atoms with Crippen LogP contribution in [0.25, 0.3) is 0 Å². The maximum absolute atomic E-state index is 11.0. The molecule has 0 saturated heterocycles. The lowest BCUT2D eigenvalue weighted by molar-refractivity contribution is -0.384. The maximum atomic E-state index is 11.0. The summed E-state index contributed by atoms with van der Waals surface area (Å²) < 4.78 is 5.58. The summed E-state index contributed by atoms with van der Waals surface area (Å²) in [6, 6.07) is 5.18. The van der Waals surface area contributed by atoms with Crippen molar-refractivity contribution in [1.82, 2.24) is 0 Å². The van der Waals surface area contributed by atoms with Gasteiger partial charge in [-0.15, -0.1) is 0 Å². The summed E-state index contributed by atoms with van der Waals surface area (Å²) in [5.74, 6) is 0.531. The second-order valence-electron chi connectivity index (χ2n) is 5.18. The topological polar surface area (TPSA) is 64.4 Å². The lowest BCUT2D eigenvalue weighted by atomic mass is 10.1. The Balaban J connectivity index is 2.98. The van der Waals surface area contributed by atoms with Gasteiger partial charge in [0.15, 0.2) is 0 Å². The predicted octanol–water partition coefficient (Wildman–Crippen LogP) is 4.37. The number of rotatable bonds is 8. The number of nitrogens with zero attached hydrogens (tertiary/aromatic N) is 1. The molecule has 1 atom stereocenters. The maximum Gasteiger partial charge on any atom is 0.275 e. The Labute approximate surface area is 120 Å². The third kappa shape index (κ3) is 5.07. The third-order valence-electron chi connectivity index (χ3n) is 2.97. The van der Waals surface area contributed by atoms with Crippen molar-refractivity contribution in [2.75, 3.05) is 5.32 Å². The highest BCUT2D eigenvalue weighted by atomic mass is 16.6. The fourth-order valence-corrected chi connectivity index (χ4v) is 2.07. The van der Waals surface area contributed by atoms with Crippen LogP contribution in [0, 0.1) is 10.1 Å². The molecule has 112 valence electrons. The van der Waals surface area contributed by atoms with E-state index in [0.29, 0.717) is 11.8 Å². The Hall–Kier alpha value is -1.78. The molecule has 0 aliphatic heterocycles. The molecule has 1 N–H and O–H groups in total. The first-order chi connectivity index (χ1) is 9.46. The first-order valence-corrected chi connectivity index (χ1v) is 7.18. The first-order valence-electron chi connectivity index (χ1n) is 7.18. The fourth-order valence-electron chi connectivity index (χ4n) is 2.07. The number of ether oxygens (including phenoxy) is 1. The zero-order chi connectivity index (χ0) is 15.1. The molecular formula is C15H24N2O3. The van der Waals surface area contributed by atoms with Crippen LogP contribution in [-0.2, 0) is 0 Å². The van der Waals surface area contributed by atoms with Gasteiger partial charge in [-0.2, -0.15) is 0 Å². The SMILES string of the molecule is CCCC(CC)Nc1cc(OC(C)C)cc([N+](=O)[O-])c1. The van der Waals surface area contributed by atoms with Gasteiger partial charge in [0, 0.05) is 23.9 Å². The van der Waals surface area contributed by atoms with Crippen molar-refractivity contribution in [3.8, 4) is 5.75 Å². The van der Waals surface area contributed by atoms with E-state index < -0.39 is 0 Å². The quantitative estimate of drug-likeness (QED) is 0.567. The molecule has 0 aromatic heterocycles. The summed E-state index contributed by atoms with van der Waals surface area (Å²) in [6.45, 7) is 8.04. The monoisotopic (exact) mass is 280 g/mol. The van der Waals surface area contributed by atoms with Crippen LogP contribution >= 0.6 is 0 Å². The van der Waals surface area contributed by atoms with Gasteiger partial charge in [-0.1, -0.05) is 20.3 Å². The number of hydrogen-bond acceptors (Lipinski definition) is 4. The highest BCUT2D eigenvalue weighted by molar-refractivity contribution is 5.56. The number of anilines is 1. The summed E-state index contributed by atoms with van der Waals surface area (Å²) in [4.78, 5) is 10.6. The fraction of sp³-hybridized carbons (Fsp3) is 0.600. The van der Waals surface area contributed by atoms with Gasteiger partial charge in [-0.05, 0) is 26.7 Å². The Morgan fingerprint density at radius 2 is 2.00 bits per heavy atom. The van der Waals surface area contributed by atoms with Gasteiger partial charge in [0.2, 0.25) is 0 Å². The standard InChI is InChI=1S/C15H24N2O3/c1-5-7-12(6-2)16-13-8-14(17(18)19)10-15(9-13)20-11(3)4/h8-12,16H,5-7H2,1-4H3. The number of nitro benzene ring substituents is 1. The summed E-state index contributed by atoms with van der Waals surface area (Å²) >= 11 is 0. The molecule has 1 aromatic carbocycles. The zero-order valence-corrected chi connectivity index (χ0v) is 12.7. The average Bonchev–Trinajstić information content (AvgIpc) is 2.37. The van der Waals surface area contributed by atoms with Crippen molar-refractivity contribution in [2.24, 2.45) is 0 Å². The molecule has 0 aliphatic rings. The average molecular weight is 280 g/mol. The van der Waals surface area contributed by atoms with Gasteiger partial charge in [0.1, 0.15) is 5.75 Å². The Morgan fingerprint density at radius 3 is 2.50 bits per heavy atom. The minimum atomic E-state index is -0.390. The second-order valence-corrected chi connectivity index (χ2v) is 5.18. The van der Waals surface area contributed by atoms with Crippen molar-refractivity contribution in [3.63, 3.8) is 0 Å². The lowest BCUT2D eigenvalue weighted by Gasteiger charge is -2.18. The van der Waals surface area contributed by atoms with E-state index in [0.717, 1.165) is 24.9 Å². The summed E-state index contributed by atoms with van der Waals surface area (Å²) in [5.41, 5.74) is 0.798. The van der Waals surface area contributed by atoms with Crippen LogP contribution in [0.1, 0.15) is 47.0 Å². The highest BCUT2D eigenvalue weighted by Gasteiger charge is 2.13. The van der Waals surface area contributed by atoms with Crippen molar-refractivity contribution in [1.29, 1.82) is 0 Å². The van der Waals surface area contributed by atoms with Crippen molar-refractivity contribution >= 4 is 11.4 Å². The molecule has 0 saturated carbocycles. The summed E-state index contributed by atoms with van der Waals surface area (Å²) in [5, 5.41) is 14.3. The zero-order valence-electron chi connectivity index (χ0n) is 12.7. The van der Waals surface area contributed by atoms with Gasteiger partial charge in [-0.25, -0.2) is 0 Å². The van der Waals surface area contributed by atoms with E-state index in [4.69, 9.17) is 4.74 Å². The summed E-state index contributed by atoms with van der Waals surface area (Å²) in [7, 11) is 0. The number of non-ortho nitro benzene ring substituents is 1. The molecule has 0 radical (unpaired) electrons. The second kappa shape index (κ2) is 7.72. The third-order valence-corrected chi connectivity index (χ3v) is 2.97. The smallest absolute Gasteiger partial charge is 0.275 e. The Morgan fingerprint density at radius 1 is 1.30 bits per heavy atom. The Kier molecular flexibility index (Phi) is 6.28. The van der Waals surface area contributed by atoms with E-state index in [1.54, 1.807) is 6.07 Å². The molecule has 20 heavy (non-hydrogen) atoms. The molecule has 1 unspecified atom stereocenters. The normalized spacial score (nSPS) is 12.2. The first kappa shape index (κ1) is 16.3. The van der Waals surface area contributed by atoms with Crippen molar-refractivity contribution in [3.05, 3.63) is 28.3 Å². The van der Waals surface area contributed by atoms with E-state index in [1.165, 1.54) is 6.07 Å². The molecule has 5 nitrogen and oxygen atoms in total. The molecule has 0 bridgehead atoms. The minimum absolute atomic E-state index is 0.0116. The number of hydrogen-bond donors (Lipinski definition) is 1. The van der Waals surface area contributed by atoms with Crippen molar-refractivity contribution < 1.29 is 9.66 Å². The molecule has 0 spiro atoms. The number of nitro groups is 1. The van der Waals surface area contributed by atoms with Crippen LogP contribution in [0.15, 0.2) is 18.2 Å². The van der Waals surface area contributed by atoms with E-state index >= 15 is 0 Å². The van der Waals surface area contributed by atoms with Crippen LogP contribution in [0.2, 0.25) is 0 Å². The van der Waals surface area contributed by atoms with E-state index in [2.05, 4.69) is 19.2 Å². The van der Waals surface area contributed by atoms with Crippen LogP contribution in [0.3, 0.4) is 0 Å². The lowest BCUT2D eigenvalue weighted by Crippen LogP contribution is -2.18. The van der Waals surface area contributed by atoms with Crippen LogP contribution in [-0.4, -0.2) is 17.1 Å². The molecule has 0 amide bonds. The van der Waals surface area contributed by atoms with Crippen LogP contribution in [0.5, 0.6) is 5.75 Å². The van der Waals surface area contributed by atoms with Gasteiger partial charge in [0.25, 0.3) is 5.69 Å². The highest BCUT2D eigenvalue weighted by Crippen LogP contribution is 2.27. The molecular weight excluding hydrogens is 256 g/mol. The molecule has 5 heteroatoms. The van der Waals surface area contributed by atoms with Gasteiger partial charge in [-0.3, -0.25) is 10.1 Å². The van der Waals surface area contributed by atoms with Gasteiger partial charge < -0.3 is 10.1 Å². The van der Waals surface area contributed by atoms with Crippen LogP contribution in [0.4, 0.5) is 11.4 Å². The number of benzene rings is 1. The van der Waals surface area contributed by atoms with E-state index in [9.17, 15) is 10.1 Å². The molecule has 1 aromatic rings. The van der Waals surface area contributed by atoms with Crippen LogP contribution < -0.4 is 10.1 Å². The van der Waals surface area contributed by atoms with Gasteiger partial charge >= 0.3 is 0 Å². The molecule has 0 aliphatic carbocycles. The van der Waals surface area contributed by atoms with Gasteiger partial charge in [0.05, 0.1) is 17.1 Å². The molecule has 0 fully saturated rings. The summed E-state index contributed by atoms with van der Waals surface area (Å²) in [6.07, 6.45) is 3.09. The molecule has 1 rings (SSSR count). The van der Waals surface area contributed by atoms with Crippen molar-refractivity contribution in [2.45, 2.75) is 59.1 Å².